The van der Waals surface area contributed by atoms with E-state index in [4.69, 9.17) is 9.47 Å². The molecule has 1 rings (SSSR count). The van der Waals surface area contributed by atoms with Crippen molar-refractivity contribution in [3.8, 4) is 0 Å². The van der Waals surface area contributed by atoms with Crippen molar-refractivity contribution >= 4 is 45.9 Å². The summed E-state index contributed by atoms with van der Waals surface area (Å²) in [7, 11) is -1.62. The first-order valence-corrected chi connectivity index (χ1v) is 11.9. The van der Waals surface area contributed by atoms with Crippen molar-refractivity contribution in [1.29, 1.82) is 0 Å². The van der Waals surface area contributed by atoms with Crippen LogP contribution in [0.2, 0.25) is 0 Å². The van der Waals surface area contributed by atoms with E-state index < -0.39 is 32.0 Å². The lowest BCUT2D eigenvalue weighted by atomic mass is 10.1. The van der Waals surface area contributed by atoms with Gasteiger partial charge in [-0.25, -0.2) is 13.2 Å². The number of nitrogens with one attached hydrogen (secondary N) is 2. The molecule has 1 aliphatic heterocycles. The molecule has 0 aromatic rings. The zero-order chi connectivity index (χ0) is 23.5. The Morgan fingerprint density at radius 2 is 1.71 bits per heavy atom. The lowest BCUT2D eigenvalue weighted by molar-refractivity contribution is -0.0755. The van der Waals surface area contributed by atoms with Crippen molar-refractivity contribution in [3.63, 3.8) is 0 Å². The van der Waals surface area contributed by atoms with Crippen LogP contribution in [0.1, 0.15) is 62.3 Å². The molecule has 184 valence electrons. The fraction of sp³-hybridized carbons (Fsp3) is 0.900. The molecule has 2 unspecified atom stereocenters. The molecule has 0 bridgehead atoms. The minimum Gasteiger partial charge on any atom is -0.444 e. The smallest absolute Gasteiger partial charge is 0.412 e. The van der Waals surface area contributed by atoms with Gasteiger partial charge in [-0.15, -0.1) is 24.0 Å². The van der Waals surface area contributed by atoms with Crippen LogP contribution in [0.15, 0.2) is 4.99 Å². The van der Waals surface area contributed by atoms with Crippen molar-refractivity contribution in [1.82, 2.24) is 15.5 Å². The maximum atomic E-state index is 12.8. The van der Waals surface area contributed by atoms with Gasteiger partial charge in [-0.1, -0.05) is 0 Å². The Morgan fingerprint density at radius 1 is 1.16 bits per heavy atom. The second-order valence-corrected chi connectivity index (χ2v) is 12.9. The Labute approximate surface area is 205 Å². The normalized spacial score (nSPS) is 22.0. The lowest BCUT2D eigenvalue weighted by Crippen LogP contribution is -2.54. The van der Waals surface area contributed by atoms with Crippen molar-refractivity contribution in [2.24, 2.45) is 4.99 Å². The first kappa shape index (κ1) is 30.2. The van der Waals surface area contributed by atoms with Gasteiger partial charge in [-0.3, -0.25) is 9.89 Å². The molecular formula is C20H41IN4O5S. The van der Waals surface area contributed by atoms with Gasteiger partial charge in [0.15, 0.2) is 15.8 Å². The van der Waals surface area contributed by atoms with E-state index in [-0.39, 0.29) is 48.4 Å². The van der Waals surface area contributed by atoms with Crippen LogP contribution >= 0.6 is 24.0 Å². The molecule has 2 atom stereocenters. The van der Waals surface area contributed by atoms with Crippen LogP contribution in [0.25, 0.3) is 0 Å². The molecular weight excluding hydrogens is 535 g/mol. The average molecular weight is 577 g/mol. The fourth-order valence-corrected chi connectivity index (χ4v) is 4.14. The molecule has 0 aliphatic carbocycles. The summed E-state index contributed by atoms with van der Waals surface area (Å²) < 4.78 is 35.3. The fourth-order valence-electron chi connectivity index (χ4n) is 3.15. The summed E-state index contributed by atoms with van der Waals surface area (Å²) >= 11 is 0. The second kappa shape index (κ2) is 10.9. The number of amides is 1. The maximum Gasteiger partial charge on any atom is 0.412 e. The lowest BCUT2D eigenvalue weighted by Gasteiger charge is -2.35. The standard InChI is InChI=1S/C20H40N4O5S.HI/c1-14-15(24(20(8,9)28-14)17(25)29-18(2,3)4)13-23-16(21-10)22-11-12-30(26,27)19(5,6)7;/h14-15H,11-13H2,1-10H3,(H2,21,22,23);1H. The van der Waals surface area contributed by atoms with Gasteiger partial charge in [0.2, 0.25) is 0 Å². The number of hydrogen-bond donors (Lipinski definition) is 2. The molecule has 0 saturated carbocycles. The number of carbonyl (C=O) groups excluding carboxylic acids is 1. The second-order valence-electron chi connectivity index (χ2n) is 10.00. The molecule has 0 radical (unpaired) electrons. The summed E-state index contributed by atoms with van der Waals surface area (Å²) in [6, 6.07) is -0.285. The number of halogens is 1. The van der Waals surface area contributed by atoms with E-state index in [0.29, 0.717) is 12.5 Å². The summed E-state index contributed by atoms with van der Waals surface area (Å²) in [6.45, 7) is 16.7. The van der Waals surface area contributed by atoms with E-state index in [1.165, 1.54) is 0 Å². The molecule has 1 fully saturated rings. The van der Waals surface area contributed by atoms with Crippen LogP contribution in [0, 0.1) is 0 Å². The molecule has 0 aromatic heterocycles. The highest BCUT2D eigenvalue weighted by molar-refractivity contribution is 14.0. The number of nitrogens with zero attached hydrogens (tertiary/aromatic N) is 2. The molecule has 2 N–H and O–H groups in total. The highest BCUT2D eigenvalue weighted by atomic mass is 127. The number of hydrogen-bond acceptors (Lipinski definition) is 6. The van der Waals surface area contributed by atoms with Crippen LogP contribution in [-0.2, 0) is 19.3 Å². The topological polar surface area (TPSA) is 109 Å². The van der Waals surface area contributed by atoms with Gasteiger partial charge in [0.1, 0.15) is 11.3 Å². The van der Waals surface area contributed by atoms with Crippen molar-refractivity contribution in [3.05, 3.63) is 0 Å². The number of guanidine groups is 1. The molecule has 0 aromatic carbocycles. The Balaban J connectivity index is 0.00000900. The van der Waals surface area contributed by atoms with Gasteiger partial charge < -0.3 is 20.1 Å². The Morgan fingerprint density at radius 3 is 2.16 bits per heavy atom. The van der Waals surface area contributed by atoms with E-state index in [1.54, 1.807) is 32.7 Å². The van der Waals surface area contributed by atoms with E-state index in [2.05, 4.69) is 15.6 Å². The third kappa shape index (κ3) is 8.56. The van der Waals surface area contributed by atoms with E-state index >= 15 is 0 Å². The Bertz CT molecular complexity index is 742. The molecule has 1 aliphatic rings. The minimum absolute atomic E-state index is 0. The first-order valence-electron chi connectivity index (χ1n) is 10.3. The van der Waals surface area contributed by atoms with Crippen LogP contribution in [0.5, 0.6) is 0 Å². The van der Waals surface area contributed by atoms with Crippen LogP contribution < -0.4 is 10.6 Å². The van der Waals surface area contributed by atoms with Gasteiger partial charge in [0, 0.05) is 20.1 Å². The summed E-state index contributed by atoms with van der Waals surface area (Å²) in [5, 5.41) is 6.19. The Kier molecular flexibility index (Phi) is 10.6. The van der Waals surface area contributed by atoms with Gasteiger partial charge >= 0.3 is 6.09 Å². The van der Waals surface area contributed by atoms with Gasteiger partial charge in [-0.2, -0.15) is 0 Å². The first-order chi connectivity index (χ1) is 13.4. The quantitative estimate of drug-likeness (QED) is 0.294. The van der Waals surface area contributed by atoms with E-state index in [0.717, 1.165) is 0 Å². The molecule has 1 heterocycles. The van der Waals surface area contributed by atoms with E-state index in [9.17, 15) is 13.2 Å². The predicted octanol–water partition coefficient (Wildman–Crippen LogP) is 2.74. The zero-order valence-corrected chi connectivity index (χ0v) is 23.7. The molecule has 1 saturated heterocycles. The predicted molar refractivity (Wildman–Crippen MR) is 135 cm³/mol. The van der Waals surface area contributed by atoms with Gasteiger partial charge in [0.05, 0.1) is 22.6 Å². The van der Waals surface area contributed by atoms with Crippen molar-refractivity contribution in [2.45, 2.75) is 90.5 Å². The highest BCUT2D eigenvalue weighted by Gasteiger charge is 2.49. The summed E-state index contributed by atoms with van der Waals surface area (Å²) in [5.41, 5.74) is -1.43. The van der Waals surface area contributed by atoms with Gasteiger partial charge in [-0.05, 0) is 62.3 Å². The van der Waals surface area contributed by atoms with Crippen LogP contribution in [0.4, 0.5) is 4.79 Å². The maximum absolute atomic E-state index is 12.8. The number of rotatable bonds is 5. The molecule has 0 spiro atoms. The molecule has 31 heavy (non-hydrogen) atoms. The SMILES string of the molecule is CN=C(NCCS(=O)(=O)C(C)(C)C)NCC1C(C)OC(C)(C)N1C(=O)OC(C)(C)C.I. The molecule has 9 nitrogen and oxygen atoms in total. The van der Waals surface area contributed by atoms with Gasteiger partial charge in [0.25, 0.3) is 0 Å². The number of ether oxygens (including phenoxy) is 2. The third-order valence-electron chi connectivity index (χ3n) is 4.82. The van der Waals surface area contributed by atoms with Crippen LogP contribution in [0.3, 0.4) is 0 Å². The average Bonchev–Trinajstić information content (AvgIpc) is 2.76. The summed E-state index contributed by atoms with van der Waals surface area (Å²) in [6.07, 6.45) is -0.665. The molecule has 11 heteroatoms. The summed E-state index contributed by atoms with van der Waals surface area (Å²) in [4.78, 5) is 18.6. The zero-order valence-electron chi connectivity index (χ0n) is 20.5. The summed E-state index contributed by atoms with van der Waals surface area (Å²) in [5.74, 6) is 0.456. The Hall–Kier alpha value is -0.820. The largest absolute Gasteiger partial charge is 0.444 e. The highest BCUT2D eigenvalue weighted by Crippen LogP contribution is 2.33. The number of carbonyl (C=O) groups is 1. The molecule has 1 amide bonds. The van der Waals surface area contributed by atoms with Crippen molar-refractivity contribution < 1.29 is 22.7 Å². The minimum atomic E-state index is -3.23. The van der Waals surface area contributed by atoms with Crippen LogP contribution in [-0.4, -0.2) is 79.5 Å². The third-order valence-corrected chi connectivity index (χ3v) is 7.42. The monoisotopic (exact) mass is 576 g/mol. The number of sulfone groups is 1. The number of aliphatic imine (C=N–C) groups is 1. The van der Waals surface area contributed by atoms with E-state index in [1.807, 2.05) is 41.5 Å². The van der Waals surface area contributed by atoms with Crippen molar-refractivity contribution in [2.75, 3.05) is 25.9 Å².